The Bertz CT molecular complexity index is 664. The number of carbonyl (C=O) groups is 1. The molecular weight excluding hydrogens is 344 g/mol. The Labute approximate surface area is 161 Å². The van der Waals surface area contributed by atoms with Crippen molar-refractivity contribution in [1.82, 2.24) is 9.80 Å². The molecule has 6 heteroatoms. The SMILES string of the molecule is C/C=C/c1ccc(OCC(O)CN2CCN(C(=O)C3CC3)CC2)c(OC)c1. The summed E-state index contributed by atoms with van der Waals surface area (Å²) in [5, 5.41) is 10.3. The fourth-order valence-corrected chi connectivity index (χ4v) is 3.38. The number of piperazine rings is 1. The van der Waals surface area contributed by atoms with Crippen LogP contribution in [0.1, 0.15) is 25.3 Å². The van der Waals surface area contributed by atoms with Crippen molar-refractivity contribution >= 4 is 12.0 Å². The molecule has 1 aromatic rings. The van der Waals surface area contributed by atoms with E-state index in [2.05, 4.69) is 4.90 Å². The molecule has 1 N–H and O–H groups in total. The van der Waals surface area contributed by atoms with E-state index in [1.165, 1.54) is 0 Å². The summed E-state index contributed by atoms with van der Waals surface area (Å²) in [4.78, 5) is 16.3. The molecule has 1 atom stereocenters. The summed E-state index contributed by atoms with van der Waals surface area (Å²) in [5.74, 6) is 1.88. The fraction of sp³-hybridized carbons (Fsp3) is 0.571. The Kier molecular flexibility index (Phi) is 6.74. The van der Waals surface area contributed by atoms with Crippen molar-refractivity contribution in [3.05, 3.63) is 29.8 Å². The Morgan fingerprint density at radius 2 is 2.00 bits per heavy atom. The predicted octanol–water partition coefficient (Wildman–Crippen LogP) is 2.02. The number of rotatable bonds is 8. The van der Waals surface area contributed by atoms with Crippen LogP contribution in [0.5, 0.6) is 11.5 Å². The molecule has 1 amide bonds. The van der Waals surface area contributed by atoms with Crippen molar-refractivity contribution in [3.8, 4) is 11.5 Å². The highest BCUT2D eigenvalue weighted by Crippen LogP contribution is 2.31. The van der Waals surface area contributed by atoms with E-state index in [4.69, 9.17) is 9.47 Å². The molecule has 1 aliphatic carbocycles. The molecule has 1 saturated heterocycles. The van der Waals surface area contributed by atoms with Gasteiger partial charge >= 0.3 is 0 Å². The van der Waals surface area contributed by atoms with E-state index in [0.29, 0.717) is 24.0 Å². The molecule has 1 heterocycles. The van der Waals surface area contributed by atoms with Crippen LogP contribution in [-0.2, 0) is 4.79 Å². The van der Waals surface area contributed by atoms with E-state index in [9.17, 15) is 9.90 Å². The van der Waals surface area contributed by atoms with Gasteiger partial charge < -0.3 is 19.5 Å². The van der Waals surface area contributed by atoms with E-state index in [0.717, 1.165) is 44.6 Å². The molecule has 0 aromatic heterocycles. The zero-order valence-corrected chi connectivity index (χ0v) is 16.3. The van der Waals surface area contributed by atoms with Crippen LogP contribution in [0.4, 0.5) is 0 Å². The summed E-state index contributed by atoms with van der Waals surface area (Å²) in [5.41, 5.74) is 1.04. The second-order valence-electron chi connectivity index (χ2n) is 7.28. The molecule has 0 spiro atoms. The number of allylic oxidation sites excluding steroid dienone is 1. The molecule has 2 fully saturated rings. The van der Waals surface area contributed by atoms with Gasteiger partial charge in [-0.3, -0.25) is 9.69 Å². The Morgan fingerprint density at radius 1 is 1.26 bits per heavy atom. The van der Waals surface area contributed by atoms with Gasteiger partial charge in [0.25, 0.3) is 0 Å². The number of amides is 1. The number of nitrogens with zero attached hydrogens (tertiary/aromatic N) is 2. The molecule has 6 nitrogen and oxygen atoms in total. The van der Waals surface area contributed by atoms with Gasteiger partial charge in [-0.05, 0) is 37.5 Å². The van der Waals surface area contributed by atoms with Crippen LogP contribution in [0.3, 0.4) is 0 Å². The minimum absolute atomic E-state index is 0.209. The number of aliphatic hydroxyl groups excluding tert-OH is 1. The van der Waals surface area contributed by atoms with Gasteiger partial charge in [0.2, 0.25) is 5.91 Å². The maximum Gasteiger partial charge on any atom is 0.225 e. The minimum atomic E-state index is -0.587. The van der Waals surface area contributed by atoms with Crippen molar-refractivity contribution in [1.29, 1.82) is 0 Å². The van der Waals surface area contributed by atoms with Crippen LogP contribution in [-0.4, -0.2) is 73.4 Å². The number of benzene rings is 1. The van der Waals surface area contributed by atoms with Gasteiger partial charge in [-0.25, -0.2) is 0 Å². The lowest BCUT2D eigenvalue weighted by molar-refractivity contribution is -0.134. The van der Waals surface area contributed by atoms with E-state index in [1.54, 1.807) is 7.11 Å². The first-order chi connectivity index (χ1) is 13.1. The topological polar surface area (TPSA) is 62.2 Å². The second-order valence-corrected chi connectivity index (χ2v) is 7.28. The van der Waals surface area contributed by atoms with Crippen molar-refractivity contribution < 1.29 is 19.4 Å². The van der Waals surface area contributed by atoms with Crippen molar-refractivity contribution in [2.75, 3.05) is 46.4 Å². The highest BCUT2D eigenvalue weighted by Gasteiger charge is 2.34. The molecule has 3 rings (SSSR count). The van der Waals surface area contributed by atoms with Crippen LogP contribution in [0.25, 0.3) is 6.08 Å². The van der Waals surface area contributed by atoms with Crippen molar-refractivity contribution in [3.63, 3.8) is 0 Å². The Hall–Kier alpha value is -2.05. The van der Waals surface area contributed by atoms with Gasteiger partial charge in [0.15, 0.2) is 11.5 Å². The quantitative estimate of drug-likeness (QED) is 0.754. The summed E-state index contributed by atoms with van der Waals surface area (Å²) in [7, 11) is 1.61. The normalized spacial score (nSPS) is 19.3. The average molecular weight is 374 g/mol. The zero-order chi connectivity index (χ0) is 19.2. The third-order valence-corrected chi connectivity index (χ3v) is 5.06. The first-order valence-electron chi connectivity index (χ1n) is 9.73. The molecular formula is C21H30N2O4. The number of methoxy groups -OCH3 is 1. The van der Waals surface area contributed by atoms with Gasteiger partial charge in [-0.2, -0.15) is 0 Å². The fourth-order valence-electron chi connectivity index (χ4n) is 3.38. The third kappa shape index (κ3) is 5.47. The van der Waals surface area contributed by atoms with Crippen LogP contribution >= 0.6 is 0 Å². The standard InChI is InChI=1S/C21H30N2O4/c1-3-4-16-5-8-19(20(13-16)26-2)27-15-18(24)14-22-9-11-23(12-10-22)21(25)17-6-7-17/h3-5,8,13,17-18,24H,6-7,9-12,14-15H2,1-2H3/b4-3+. The summed E-state index contributed by atoms with van der Waals surface area (Å²) < 4.78 is 11.2. The Balaban J connectivity index is 1.43. The monoisotopic (exact) mass is 374 g/mol. The lowest BCUT2D eigenvalue weighted by atomic mass is 10.2. The van der Waals surface area contributed by atoms with Gasteiger partial charge in [-0.1, -0.05) is 18.2 Å². The average Bonchev–Trinajstić information content (AvgIpc) is 3.52. The van der Waals surface area contributed by atoms with Crippen LogP contribution < -0.4 is 9.47 Å². The number of hydrogen-bond donors (Lipinski definition) is 1. The number of carbonyl (C=O) groups excluding carboxylic acids is 1. The molecule has 1 aliphatic heterocycles. The predicted molar refractivity (Wildman–Crippen MR) is 105 cm³/mol. The summed E-state index contributed by atoms with van der Waals surface area (Å²) in [6, 6.07) is 5.74. The van der Waals surface area contributed by atoms with Crippen molar-refractivity contribution in [2.45, 2.75) is 25.9 Å². The maximum atomic E-state index is 12.1. The van der Waals surface area contributed by atoms with Crippen LogP contribution in [0.15, 0.2) is 24.3 Å². The van der Waals surface area contributed by atoms with E-state index in [1.807, 2.05) is 42.2 Å². The number of ether oxygens (including phenoxy) is 2. The van der Waals surface area contributed by atoms with Crippen molar-refractivity contribution in [2.24, 2.45) is 5.92 Å². The van der Waals surface area contributed by atoms with Gasteiger partial charge in [0, 0.05) is 38.6 Å². The first kappa shape index (κ1) is 19.7. The van der Waals surface area contributed by atoms with Gasteiger partial charge in [0.1, 0.15) is 12.7 Å². The highest BCUT2D eigenvalue weighted by molar-refractivity contribution is 5.81. The number of hydrogen-bond acceptors (Lipinski definition) is 5. The molecule has 148 valence electrons. The molecule has 1 aromatic carbocycles. The number of aliphatic hydroxyl groups is 1. The summed E-state index contributed by atoms with van der Waals surface area (Å²) >= 11 is 0. The van der Waals surface area contributed by atoms with E-state index in [-0.39, 0.29) is 12.5 Å². The molecule has 1 unspecified atom stereocenters. The first-order valence-corrected chi connectivity index (χ1v) is 9.73. The second kappa shape index (κ2) is 9.24. The molecule has 27 heavy (non-hydrogen) atoms. The largest absolute Gasteiger partial charge is 0.493 e. The molecule has 1 saturated carbocycles. The van der Waals surface area contributed by atoms with Crippen LogP contribution in [0, 0.1) is 5.92 Å². The minimum Gasteiger partial charge on any atom is -0.493 e. The Morgan fingerprint density at radius 3 is 2.63 bits per heavy atom. The van der Waals surface area contributed by atoms with Gasteiger partial charge in [0.05, 0.1) is 7.11 Å². The van der Waals surface area contributed by atoms with E-state index >= 15 is 0 Å². The lowest BCUT2D eigenvalue weighted by Gasteiger charge is -2.35. The molecule has 2 aliphatic rings. The van der Waals surface area contributed by atoms with E-state index < -0.39 is 6.10 Å². The van der Waals surface area contributed by atoms with Gasteiger partial charge in [-0.15, -0.1) is 0 Å². The zero-order valence-electron chi connectivity index (χ0n) is 16.3. The molecule has 0 bridgehead atoms. The third-order valence-electron chi connectivity index (χ3n) is 5.06. The smallest absolute Gasteiger partial charge is 0.225 e. The van der Waals surface area contributed by atoms with Crippen LogP contribution in [0.2, 0.25) is 0 Å². The lowest BCUT2D eigenvalue weighted by Crippen LogP contribution is -2.51. The summed E-state index contributed by atoms with van der Waals surface area (Å²) in [6.07, 6.45) is 5.48. The summed E-state index contributed by atoms with van der Waals surface area (Å²) in [6.45, 7) is 5.83. The highest BCUT2D eigenvalue weighted by atomic mass is 16.5. The number of β-amino-alcohol motifs (C(OH)–C–C–N with tert-alkyl or cyclic N) is 1. The molecule has 0 radical (unpaired) electrons. The maximum absolute atomic E-state index is 12.1.